The minimum Gasteiger partial charge on any atom is -0.495 e. The summed E-state index contributed by atoms with van der Waals surface area (Å²) in [5, 5.41) is 0.483. The molecule has 0 fully saturated rings. The summed E-state index contributed by atoms with van der Waals surface area (Å²) < 4.78 is 10.1. The van der Waals surface area contributed by atoms with Crippen LogP contribution in [0, 0.1) is 12.3 Å². The highest BCUT2D eigenvalue weighted by atomic mass is 35.5. The van der Waals surface area contributed by atoms with E-state index in [1.807, 2.05) is 0 Å². The molecule has 0 saturated heterocycles. The number of hydrogen-bond donors (Lipinski definition) is 0. The molecule has 0 N–H and O–H groups in total. The van der Waals surface area contributed by atoms with Crippen LogP contribution in [0.4, 0.5) is 0 Å². The quantitative estimate of drug-likeness (QED) is 0.676. The minimum absolute atomic E-state index is 0.483. The molecule has 1 aromatic carbocycles. The van der Waals surface area contributed by atoms with Gasteiger partial charge in [-0.05, 0) is 6.07 Å². The Bertz CT molecular complexity index is 353. The average molecular weight is 197 g/mol. The first-order valence-electron chi connectivity index (χ1n) is 3.61. The lowest BCUT2D eigenvalue weighted by atomic mass is 10.2. The summed E-state index contributed by atoms with van der Waals surface area (Å²) >= 11 is 5.86. The van der Waals surface area contributed by atoms with Gasteiger partial charge in [-0.1, -0.05) is 17.5 Å². The SMILES string of the molecule is C#Cc1cc(Cl)c(OC)cc1OC. The fraction of sp³-hybridized carbons (Fsp3) is 0.200. The zero-order chi connectivity index (χ0) is 9.84. The Labute approximate surface area is 82.4 Å². The summed E-state index contributed by atoms with van der Waals surface area (Å²) in [4.78, 5) is 0. The number of halogens is 1. The summed E-state index contributed by atoms with van der Waals surface area (Å²) in [6.07, 6.45) is 5.26. The Morgan fingerprint density at radius 1 is 1.23 bits per heavy atom. The van der Waals surface area contributed by atoms with Gasteiger partial charge in [0.2, 0.25) is 0 Å². The second kappa shape index (κ2) is 4.06. The molecule has 0 amide bonds. The molecule has 3 heteroatoms. The highest BCUT2D eigenvalue weighted by Crippen LogP contribution is 2.31. The van der Waals surface area contributed by atoms with Crippen LogP contribution < -0.4 is 9.47 Å². The van der Waals surface area contributed by atoms with Crippen molar-refractivity contribution in [3.05, 3.63) is 22.7 Å². The highest BCUT2D eigenvalue weighted by Gasteiger charge is 2.07. The van der Waals surface area contributed by atoms with E-state index < -0.39 is 0 Å². The number of benzene rings is 1. The first-order valence-corrected chi connectivity index (χ1v) is 3.99. The number of hydrogen-bond acceptors (Lipinski definition) is 2. The molecule has 0 spiro atoms. The molecule has 13 heavy (non-hydrogen) atoms. The van der Waals surface area contributed by atoms with Gasteiger partial charge >= 0.3 is 0 Å². The summed E-state index contributed by atoms with van der Waals surface area (Å²) in [5.74, 6) is 3.61. The van der Waals surface area contributed by atoms with Crippen molar-refractivity contribution >= 4 is 11.6 Å². The van der Waals surface area contributed by atoms with Gasteiger partial charge in [0.1, 0.15) is 11.5 Å². The van der Waals surface area contributed by atoms with Crippen molar-refractivity contribution in [2.24, 2.45) is 0 Å². The fourth-order valence-electron chi connectivity index (χ4n) is 0.973. The van der Waals surface area contributed by atoms with Gasteiger partial charge in [-0.2, -0.15) is 0 Å². The van der Waals surface area contributed by atoms with Crippen LogP contribution in [0.2, 0.25) is 5.02 Å². The molecule has 0 unspecified atom stereocenters. The fourth-order valence-corrected chi connectivity index (χ4v) is 1.21. The first kappa shape index (κ1) is 9.76. The lowest BCUT2D eigenvalue weighted by Gasteiger charge is -2.07. The molecule has 0 aromatic heterocycles. The third-order valence-corrected chi connectivity index (χ3v) is 1.92. The van der Waals surface area contributed by atoms with E-state index in [0.29, 0.717) is 22.1 Å². The van der Waals surface area contributed by atoms with E-state index in [0.717, 1.165) is 0 Å². The monoisotopic (exact) mass is 196 g/mol. The van der Waals surface area contributed by atoms with E-state index in [1.165, 1.54) is 7.11 Å². The topological polar surface area (TPSA) is 18.5 Å². The van der Waals surface area contributed by atoms with E-state index in [1.54, 1.807) is 19.2 Å². The maximum atomic E-state index is 5.86. The molecule has 0 atom stereocenters. The van der Waals surface area contributed by atoms with Crippen LogP contribution in [0.5, 0.6) is 11.5 Å². The van der Waals surface area contributed by atoms with Crippen LogP contribution in [0.25, 0.3) is 0 Å². The van der Waals surface area contributed by atoms with Gasteiger partial charge < -0.3 is 9.47 Å². The molecule has 0 aliphatic carbocycles. The van der Waals surface area contributed by atoms with Gasteiger partial charge in [-0.3, -0.25) is 0 Å². The van der Waals surface area contributed by atoms with Crippen LogP contribution in [-0.2, 0) is 0 Å². The van der Waals surface area contributed by atoms with Crippen molar-refractivity contribution in [2.45, 2.75) is 0 Å². The number of ether oxygens (including phenoxy) is 2. The molecule has 0 saturated carbocycles. The summed E-state index contributed by atoms with van der Waals surface area (Å²) in [6, 6.07) is 3.30. The number of rotatable bonds is 2. The van der Waals surface area contributed by atoms with Gasteiger partial charge in [0, 0.05) is 6.07 Å². The number of terminal acetylenes is 1. The third kappa shape index (κ3) is 1.88. The van der Waals surface area contributed by atoms with Crippen molar-refractivity contribution in [3.8, 4) is 23.8 Å². The van der Waals surface area contributed by atoms with Crippen molar-refractivity contribution in [2.75, 3.05) is 14.2 Å². The van der Waals surface area contributed by atoms with Gasteiger partial charge in [0.15, 0.2) is 0 Å². The van der Waals surface area contributed by atoms with E-state index >= 15 is 0 Å². The predicted molar refractivity (Wildman–Crippen MR) is 52.5 cm³/mol. The Morgan fingerprint density at radius 2 is 1.85 bits per heavy atom. The molecular weight excluding hydrogens is 188 g/mol. The molecule has 0 aliphatic rings. The molecule has 0 radical (unpaired) electrons. The first-order chi connectivity index (χ1) is 6.22. The van der Waals surface area contributed by atoms with Crippen molar-refractivity contribution < 1.29 is 9.47 Å². The second-order valence-corrected chi connectivity index (χ2v) is 2.74. The number of methoxy groups -OCH3 is 2. The van der Waals surface area contributed by atoms with Gasteiger partial charge in [-0.15, -0.1) is 6.42 Å². The lowest BCUT2D eigenvalue weighted by Crippen LogP contribution is -1.91. The molecule has 68 valence electrons. The summed E-state index contributed by atoms with van der Waals surface area (Å²) in [5.41, 5.74) is 0.619. The minimum atomic E-state index is 0.483. The summed E-state index contributed by atoms with van der Waals surface area (Å²) in [6.45, 7) is 0. The third-order valence-electron chi connectivity index (χ3n) is 1.63. The molecule has 0 heterocycles. The normalized spacial score (nSPS) is 9.08. The van der Waals surface area contributed by atoms with E-state index in [-0.39, 0.29) is 0 Å². The van der Waals surface area contributed by atoms with Crippen LogP contribution in [0.15, 0.2) is 12.1 Å². The zero-order valence-electron chi connectivity index (χ0n) is 7.43. The maximum absolute atomic E-state index is 5.86. The Kier molecular flexibility index (Phi) is 3.05. The van der Waals surface area contributed by atoms with Crippen LogP contribution in [-0.4, -0.2) is 14.2 Å². The van der Waals surface area contributed by atoms with Crippen molar-refractivity contribution in [1.82, 2.24) is 0 Å². The van der Waals surface area contributed by atoms with Gasteiger partial charge in [0.05, 0.1) is 24.8 Å². The second-order valence-electron chi connectivity index (χ2n) is 2.33. The van der Waals surface area contributed by atoms with E-state index in [4.69, 9.17) is 27.5 Å². The molecule has 1 rings (SSSR count). The van der Waals surface area contributed by atoms with Gasteiger partial charge in [0.25, 0.3) is 0 Å². The van der Waals surface area contributed by atoms with Crippen molar-refractivity contribution in [1.29, 1.82) is 0 Å². The Balaban J connectivity index is 3.28. The van der Waals surface area contributed by atoms with E-state index in [2.05, 4.69) is 5.92 Å². The molecule has 2 nitrogen and oxygen atoms in total. The Morgan fingerprint density at radius 3 is 2.31 bits per heavy atom. The Hall–Kier alpha value is -1.33. The zero-order valence-corrected chi connectivity index (χ0v) is 8.18. The van der Waals surface area contributed by atoms with Gasteiger partial charge in [-0.25, -0.2) is 0 Å². The molecule has 0 aliphatic heterocycles. The highest BCUT2D eigenvalue weighted by molar-refractivity contribution is 6.32. The average Bonchev–Trinajstić information content (AvgIpc) is 2.17. The molecule has 0 bridgehead atoms. The lowest BCUT2D eigenvalue weighted by molar-refractivity contribution is 0.394. The van der Waals surface area contributed by atoms with Crippen LogP contribution in [0.3, 0.4) is 0 Å². The smallest absolute Gasteiger partial charge is 0.141 e. The predicted octanol–water partition coefficient (Wildman–Crippen LogP) is 2.34. The van der Waals surface area contributed by atoms with Crippen LogP contribution in [0.1, 0.15) is 5.56 Å². The largest absolute Gasteiger partial charge is 0.495 e. The van der Waals surface area contributed by atoms with E-state index in [9.17, 15) is 0 Å². The van der Waals surface area contributed by atoms with Crippen LogP contribution >= 0.6 is 11.6 Å². The summed E-state index contributed by atoms with van der Waals surface area (Å²) in [7, 11) is 3.08. The molecular formula is C10H9ClO2. The molecule has 1 aromatic rings. The standard InChI is InChI=1S/C10H9ClO2/c1-4-7-5-8(11)10(13-3)6-9(7)12-2/h1,5-6H,2-3H3. The van der Waals surface area contributed by atoms with Crippen molar-refractivity contribution in [3.63, 3.8) is 0 Å². The maximum Gasteiger partial charge on any atom is 0.141 e.